The van der Waals surface area contributed by atoms with Crippen LogP contribution in [-0.2, 0) is 0 Å². The van der Waals surface area contributed by atoms with Crippen LogP contribution in [0, 0.1) is 0 Å². The van der Waals surface area contributed by atoms with Crippen molar-refractivity contribution in [2.75, 3.05) is 18.6 Å². The Morgan fingerprint density at radius 1 is 1.00 bits per heavy atom. The maximum absolute atomic E-state index is 3.53. The predicted molar refractivity (Wildman–Crippen MR) is 62.2 cm³/mol. The number of thiol groups is 1. The number of hydrogen-bond acceptors (Lipinski definition) is 2. The summed E-state index contributed by atoms with van der Waals surface area (Å²) in [6, 6.07) is 10.1. The van der Waals surface area contributed by atoms with Gasteiger partial charge in [-0.05, 0) is 18.4 Å². The molecule has 0 bridgehead atoms. The molecule has 2 heteroatoms. The summed E-state index contributed by atoms with van der Waals surface area (Å²) in [5.41, 5.74) is 1.16. The summed E-state index contributed by atoms with van der Waals surface area (Å²) in [5.74, 6) is 0. The number of anilines is 1. The lowest BCUT2D eigenvalue weighted by Crippen LogP contribution is -1.84. The first-order valence-corrected chi connectivity index (χ1v) is 5.00. The molecule has 12 heavy (non-hydrogen) atoms. The first-order chi connectivity index (χ1) is 5.93. The van der Waals surface area contributed by atoms with Crippen molar-refractivity contribution in [2.24, 2.45) is 0 Å². The summed E-state index contributed by atoms with van der Waals surface area (Å²) in [6.07, 6.45) is 1.69. The topological polar surface area (TPSA) is 12.0 Å². The van der Waals surface area contributed by atoms with Gasteiger partial charge >= 0.3 is 0 Å². The molecular weight excluding hydrogens is 166 g/mol. The zero-order chi connectivity index (χ0) is 9.82. The van der Waals surface area contributed by atoms with Crippen LogP contribution in [0.25, 0.3) is 0 Å². The number of hydrogen-bond donors (Lipinski definition) is 2. The van der Waals surface area contributed by atoms with Gasteiger partial charge in [0, 0.05) is 12.7 Å². The van der Waals surface area contributed by atoms with E-state index in [0.29, 0.717) is 0 Å². The van der Waals surface area contributed by atoms with E-state index in [4.69, 9.17) is 0 Å². The van der Waals surface area contributed by atoms with E-state index in [-0.39, 0.29) is 0 Å². The van der Waals surface area contributed by atoms with Crippen molar-refractivity contribution in [3.05, 3.63) is 30.3 Å². The molecule has 0 aliphatic carbocycles. The van der Waals surface area contributed by atoms with Crippen molar-refractivity contribution in [3.63, 3.8) is 0 Å². The van der Waals surface area contributed by atoms with Gasteiger partial charge in [-0.3, -0.25) is 0 Å². The van der Waals surface area contributed by atoms with Gasteiger partial charge in [-0.2, -0.15) is 12.6 Å². The normalized spacial score (nSPS) is 6.75. The number of rotatable bonds is 1. The van der Waals surface area contributed by atoms with Crippen LogP contribution >= 0.6 is 12.6 Å². The lowest BCUT2D eigenvalue weighted by atomic mass is 10.3. The first kappa shape index (κ1) is 13.9. The molecule has 0 atom stereocenters. The summed E-state index contributed by atoms with van der Waals surface area (Å²) < 4.78 is 0. The number of para-hydroxylation sites is 1. The zero-order valence-corrected chi connectivity index (χ0v) is 9.23. The summed E-state index contributed by atoms with van der Waals surface area (Å²) in [5, 5.41) is 3.03. The van der Waals surface area contributed by atoms with Gasteiger partial charge in [0.15, 0.2) is 0 Å². The molecule has 0 spiro atoms. The monoisotopic (exact) mass is 185 g/mol. The predicted octanol–water partition coefficient (Wildman–Crippen LogP) is 3.30. The maximum atomic E-state index is 3.53. The quantitative estimate of drug-likeness (QED) is 0.640. The minimum Gasteiger partial charge on any atom is -0.388 e. The van der Waals surface area contributed by atoms with E-state index < -0.39 is 0 Å². The van der Waals surface area contributed by atoms with Gasteiger partial charge < -0.3 is 5.32 Å². The van der Waals surface area contributed by atoms with Gasteiger partial charge in [-0.1, -0.05) is 32.0 Å². The molecule has 0 amide bonds. The lowest BCUT2D eigenvalue weighted by molar-refractivity contribution is 1.50. The minimum absolute atomic E-state index is 1.16. The molecule has 0 fully saturated rings. The second-order valence-corrected chi connectivity index (χ2v) is 1.62. The van der Waals surface area contributed by atoms with Crippen molar-refractivity contribution in [1.82, 2.24) is 0 Å². The van der Waals surface area contributed by atoms with Crippen molar-refractivity contribution < 1.29 is 0 Å². The molecule has 1 rings (SSSR count). The molecule has 1 aromatic carbocycles. The standard InChI is InChI=1S/C7H9N.C2H6.CH4S/c1-8-7-5-3-2-4-6-7;2*1-2/h2-6,8H,1H3;1-2H3;2H,1H3. The Morgan fingerprint density at radius 3 is 1.67 bits per heavy atom. The molecule has 0 unspecified atom stereocenters. The summed E-state index contributed by atoms with van der Waals surface area (Å²) in [4.78, 5) is 0. The Morgan fingerprint density at radius 2 is 1.42 bits per heavy atom. The molecule has 1 aromatic rings. The molecule has 0 saturated carbocycles. The van der Waals surface area contributed by atoms with Crippen LogP contribution in [0.15, 0.2) is 30.3 Å². The fourth-order valence-corrected chi connectivity index (χ4v) is 0.605. The van der Waals surface area contributed by atoms with Crippen molar-refractivity contribution in [2.45, 2.75) is 13.8 Å². The van der Waals surface area contributed by atoms with Crippen LogP contribution in [-0.4, -0.2) is 13.3 Å². The van der Waals surface area contributed by atoms with E-state index in [0.717, 1.165) is 5.69 Å². The lowest BCUT2D eigenvalue weighted by Gasteiger charge is -1.94. The van der Waals surface area contributed by atoms with Gasteiger partial charge in [0.1, 0.15) is 0 Å². The third kappa shape index (κ3) is 7.48. The van der Waals surface area contributed by atoms with E-state index in [1.54, 1.807) is 6.26 Å². The number of nitrogens with one attached hydrogen (secondary N) is 1. The Labute approximate surface area is 81.6 Å². The van der Waals surface area contributed by atoms with Gasteiger partial charge in [-0.25, -0.2) is 0 Å². The highest BCUT2D eigenvalue weighted by Crippen LogP contribution is 2.01. The highest BCUT2D eigenvalue weighted by Gasteiger charge is 1.77. The Kier molecular flexibility index (Phi) is 15.1. The Hall–Kier alpha value is -0.630. The van der Waals surface area contributed by atoms with Gasteiger partial charge in [-0.15, -0.1) is 0 Å². The molecule has 0 aliphatic rings. The average molecular weight is 185 g/mol. The molecule has 0 aliphatic heterocycles. The van der Waals surface area contributed by atoms with Crippen LogP contribution in [0.2, 0.25) is 0 Å². The highest BCUT2D eigenvalue weighted by atomic mass is 32.1. The third-order valence-electron chi connectivity index (χ3n) is 1.06. The second kappa shape index (κ2) is 13.0. The maximum Gasteiger partial charge on any atom is 0.0337 e. The molecule has 0 radical (unpaired) electrons. The van der Waals surface area contributed by atoms with Crippen LogP contribution in [0.4, 0.5) is 5.69 Å². The van der Waals surface area contributed by atoms with Gasteiger partial charge in [0.25, 0.3) is 0 Å². The van der Waals surface area contributed by atoms with Crippen LogP contribution in [0.1, 0.15) is 13.8 Å². The highest BCUT2D eigenvalue weighted by molar-refractivity contribution is 7.79. The van der Waals surface area contributed by atoms with E-state index in [2.05, 4.69) is 17.9 Å². The van der Waals surface area contributed by atoms with Crippen LogP contribution in [0.3, 0.4) is 0 Å². The van der Waals surface area contributed by atoms with E-state index >= 15 is 0 Å². The third-order valence-corrected chi connectivity index (χ3v) is 1.06. The smallest absolute Gasteiger partial charge is 0.0337 e. The molecule has 1 nitrogen and oxygen atoms in total. The largest absolute Gasteiger partial charge is 0.388 e. The molecule has 0 saturated heterocycles. The van der Waals surface area contributed by atoms with Gasteiger partial charge in [0.05, 0.1) is 0 Å². The van der Waals surface area contributed by atoms with Crippen molar-refractivity contribution in [3.8, 4) is 0 Å². The molecular formula is C10H19NS. The molecule has 1 N–H and O–H groups in total. The van der Waals surface area contributed by atoms with Crippen LogP contribution in [0.5, 0.6) is 0 Å². The summed E-state index contributed by atoms with van der Waals surface area (Å²) in [6.45, 7) is 4.00. The molecule has 70 valence electrons. The Balaban J connectivity index is 0. The van der Waals surface area contributed by atoms with E-state index in [1.165, 1.54) is 0 Å². The minimum atomic E-state index is 1.16. The second-order valence-electron chi connectivity index (χ2n) is 1.62. The Bertz CT molecular complexity index is 151. The number of benzene rings is 1. The molecule has 0 heterocycles. The van der Waals surface area contributed by atoms with Crippen molar-refractivity contribution in [1.29, 1.82) is 0 Å². The zero-order valence-electron chi connectivity index (χ0n) is 8.33. The van der Waals surface area contributed by atoms with E-state index in [9.17, 15) is 0 Å². The summed E-state index contributed by atoms with van der Waals surface area (Å²) >= 11 is 3.53. The van der Waals surface area contributed by atoms with Crippen molar-refractivity contribution >= 4 is 18.3 Å². The summed E-state index contributed by atoms with van der Waals surface area (Å²) in [7, 11) is 1.91. The first-order valence-electron chi connectivity index (χ1n) is 4.11. The van der Waals surface area contributed by atoms with E-state index in [1.807, 2.05) is 51.2 Å². The molecule has 0 aromatic heterocycles. The SMILES string of the molecule is CC.CNc1ccccc1.CS. The fourth-order valence-electron chi connectivity index (χ4n) is 0.605. The fraction of sp³-hybridized carbons (Fsp3) is 0.400. The van der Waals surface area contributed by atoms with Crippen LogP contribution < -0.4 is 5.32 Å². The van der Waals surface area contributed by atoms with Gasteiger partial charge in [0.2, 0.25) is 0 Å². The average Bonchev–Trinajstić information content (AvgIpc) is 2.25.